The second kappa shape index (κ2) is 53.2. The smallest absolute Gasteiger partial charge is 0.408 e. The van der Waals surface area contributed by atoms with Gasteiger partial charge in [0.2, 0.25) is 0 Å². The van der Waals surface area contributed by atoms with Crippen LogP contribution in [0.2, 0.25) is 0 Å². The highest BCUT2D eigenvalue weighted by atomic mass is 16.8. The Hall–Kier alpha value is -9.15. The number of nitrogens with one attached hydrogen (secondary N) is 6. The lowest BCUT2D eigenvalue weighted by Crippen LogP contribution is -2.64. The van der Waals surface area contributed by atoms with Crippen LogP contribution in [0.15, 0.2) is 24.3 Å². The molecule has 0 bridgehead atoms. The number of nitro groups is 1. The van der Waals surface area contributed by atoms with Crippen LogP contribution < -0.4 is 43.4 Å². The third-order valence-electron chi connectivity index (χ3n) is 21.9. The molecule has 5 saturated heterocycles. The summed E-state index contributed by atoms with van der Waals surface area (Å²) in [5.41, 5.74) is 6.49. The highest BCUT2D eigenvalue weighted by molar-refractivity contribution is 5.90. The van der Waals surface area contributed by atoms with Crippen molar-refractivity contribution in [2.75, 3.05) is 85.8 Å². The normalized spacial score (nSPS) is 26.3. The van der Waals surface area contributed by atoms with E-state index in [1.54, 1.807) is 0 Å². The van der Waals surface area contributed by atoms with Gasteiger partial charge < -0.3 is 153 Å². The average molecular weight is 1830 g/mol. The first-order valence-corrected chi connectivity index (χ1v) is 43.8. The lowest BCUT2D eigenvalue weighted by Gasteiger charge is -2.32. The van der Waals surface area contributed by atoms with Crippen LogP contribution in [-0.2, 0) is 109 Å². The number of aldehydes is 4. The van der Waals surface area contributed by atoms with Gasteiger partial charge in [-0.25, -0.2) is 38.4 Å². The quantitative estimate of drug-likeness (QED) is 0.00734. The molecule has 43 nitrogen and oxygen atoms in total. The number of nitrogens with zero attached hydrogens (tertiary/aromatic N) is 1. The third kappa shape index (κ3) is 38.5. The van der Waals surface area contributed by atoms with E-state index in [-0.39, 0.29) is 107 Å². The number of nitro benzene ring substituents is 1. The molecule has 726 valence electrons. The molecule has 1 aromatic rings. The molecule has 0 spiro atoms. The summed E-state index contributed by atoms with van der Waals surface area (Å²) in [5, 5.41) is 44.4. The van der Waals surface area contributed by atoms with Crippen LogP contribution in [0.1, 0.15) is 235 Å². The number of non-ortho nitro benzene ring substituents is 1. The number of hydrogen-bond donors (Lipinski definition) is 10. The summed E-state index contributed by atoms with van der Waals surface area (Å²) in [6, 6.07) is 2.58. The monoisotopic (exact) mass is 1830 g/mol. The number of rotatable bonds is 42. The number of ether oxygens (including phenoxy) is 17. The minimum absolute atomic E-state index is 0.0214. The molecule has 8 fully saturated rings. The Morgan fingerprint density at radius 2 is 0.836 bits per heavy atom. The Labute approximate surface area is 745 Å². The van der Waals surface area contributed by atoms with Crippen molar-refractivity contribution in [2.45, 2.75) is 325 Å². The van der Waals surface area contributed by atoms with Crippen molar-refractivity contribution in [3.8, 4) is 0 Å². The molecule has 14 atom stereocenters. The molecule has 1 aromatic carbocycles. The Morgan fingerprint density at radius 3 is 1.20 bits per heavy atom. The van der Waals surface area contributed by atoms with Crippen molar-refractivity contribution < 1.29 is 158 Å². The largest absolute Gasteiger partial charge is 0.480 e. The Kier molecular flexibility index (Phi) is 45.5. The number of unbranched alkanes of at least 4 members (excludes halogenated alkanes) is 3. The fourth-order valence-corrected chi connectivity index (χ4v) is 14.8. The Balaban J connectivity index is 0.000000296. The molecule has 9 rings (SSSR count). The average Bonchev–Trinajstić information content (AvgIpc) is 1.63. The number of carbonyl (C=O) groups excluding carboxylic acids is 11. The molecule has 5 heterocycles. The maximum atomic E-state index is 12.5. The van der Waals surface area contributed by atoms with Crippen LogP contribution in [0.4, 0.5) is 34.5 Å². The predicted molar refractivity (Wildman–Crippen MR) is 451 cm³/mol. The number of hydrogen-bond acceptors (Lipinski definition) is 34. The SMILES string of the molecule is CC(COC(=O)NC1(C(=O)O)CCCC1NC(=O)OCCCC1COC(C)(C)O1)C1COC(C)(C)O1.CC(COC(=O)NC1(C=O)CCCC1NC(=O)OCCCC1COC(C)(C)O1)C1COC(C)(C)O1.CC1(C)OCC(CCCOC(=O)c2ccc([N+](=O)[O-])cc2)O1.NCCCCC(N)C(=O)O.O=CCCCOC(=O)NC1CCCC1(C=O)NC(=O)OCCCC=O. The van der Waals surface area contributed by atoms with Gasteiger partial charge in [0, 0.05) is 36.8 Å². The van der Waals surface area contributed by atoms with Crippen molar-refractivity contribution in [3.05, 3.63) is 39.9 Å². The van der Waals surface area contributed by atoms with Crippen LogP contribution in [0.25, 0.3) is 0 Å². The highest BCUT2D eigenvalue weighted by Crippen LogP contribution is 2.36. The van der Waals surface area contributed by atoms with Crippen LogP contribution >= 0.6 is 0 Å². The number of carboxylic acid groups (broad SMARTS) is 2. The summed E-state index contributed by atoms with van der Waals surface area (Å²) in [5.74, 6) is -5.98. The Bertz CT molecular complexity index is 3710. The van der Waals surface area contributed by atoms with Crippen molar-refractivity contribution >= 4 is 85.3 Å². The zero-order valence-electron chi connectivity index (χ0n) is 75.8. The lowest BCUT2D eigenvalue weighted by molar-refractivity contribution is -0.384. The van der Waals surface area contributed by atoms with Gasteiger partial charge in [0.15, 0.2) is 34.5 Å². The highest BCUT2D eigenvalue weighted by Gasteiger charge is 2.53. The number of benzene rings is 1. The number of amides is 6. The zero-order chi connectivity index (χ0) is 94.9. The molecule has 0 aromatic heterocycles. The van der Waals surface area contributed by atoms with Gasteiger partial charge in [0.25, 0.3) is 5.69 Å². The topological polar surface area (TPSA) is 587 Å². The van der Waals surface area contributed by atoms with E-state index >= 15 is 0 Å². The fourth-order valence-electron chi connectivity index (χ4n) is 14.8. The second-order valence-corrected chi connectivity index (χ2v) is 34.7. The van der Waals surface area contributed by atoms with E-state index in [1.807, 2.05) is 83.1 Å². The maximum absolute atomic E-state index is 12.5. The number of nitrogens with two attached hydrogens (primary N) is 2. The van der Waals surface area contributed by atoms with Crippen molar-refractivity contribution in [1.29, 1.82) is 0 Å². The number of alkyl carbamates (subject to hydrolysis) is 6. The number of carboxylic acids is 2. The Morgan fingerprint density at radius 1 is 0.477 bits per heavy atom. The molecule has 14 unspecified atom stereocenters. The molecule has 6 amide bonds. The predicted octanol–water partition coefficient (Wildman–Crippen LogP) is 8.28. The zero-order valence-corrected chi connectivity index (χ0v) is 75.8. The summed E-state index contributed by atoms with van der Waals surface area (Å²) in [6.07, 6.45) is 9.54. The van der Waals surface area contributed by atoms with Gasteiger partial charge in [-0.05, 0) is 210 Å². The van der Waals surface area contributed by atoms with Gasteiger partial charge >= 0.3 is 54.5 Å². The van der Waals surface area contributed by atoms with Gasteiger partial charge in [0.05, 0.1) is 138 Å². The van der Waals surface area contributed by atoms with E-state index in [9.17, 15) is 77.5 Å². The summed E-state index contributed by atoms with van der Waals surface area (Å²) in [7, 11) is 0. The molecular formula is C85H137N9O34. The molecule has 3 aliphatic carbocycles. The van der Waals surface area contributed by atoms with Gasteiger partial charge in [-0.3, -0.25) is 14.9 Å². The minimum atomic E-state index is -1.69. The van der Waals surface area contributed by atoms with Crippen LogP contribution in [0.5, 0.6) is 0 Å². The summed E-state index contributed by atoms with van der Waals surface area (Å²) in [6.45, 7) is 26.1. The summed E-state index contributed by atoms with van der Waals surface area (Å²) in [4.78, 5) is 161. The van der Waals surface area contributed by atoms with E-state index in [1.165, 1.54) is 24.3 Å². The summed E-state index contributed by atoms with van der Waals surface area (Å²) >= 11 is 0. The van der Waals surface area contributed by atoms with Crippen molar-refractivity contribution in [2.24, 2.45) is 23.3 Å². The standard InChI is InChI=1S/C24H40N2O10.C24H40N2O9.C16H24N2O7.C15H19NO6.C6H14N2O2/c1-15(17-14-34-23(4,5)36-17)12-32-21(30)26-24(19(27)28)10-6-9-18(24)25-20(29)31-11-7-8-16-13-33-22(2,3)35-16;1-16(18-14-33-23(4,5)35-18)12-31-21(29)26-24(15-27)10-6-9-19(24)25-20(28)30-11-7-8-17-13-32-22(2,3)34-17;19-8-1-3-10-24-14(22)17-13-6-5-7-16(13,12-21)18-15(23)25-11-4-2-9-20;1-15(2)21-10-13(22-15)4-3-9-20-14(17)11-5-7-12(8-6-11)16(18)19;7-4-2-1-3-5(8)6(9)10/h15-18H,6-14H2,1-5H3,(H,25,29)(H,26,30)(H,27,28);15-19H,6-14H2,1-5H3,(H,25,28)(H,26,29);8-9,12-13H,1-7,10-11H2,(H,17,22)(H,18,23);5-8,13H,3-4,9-10H2,1-2H3;5H,1-4,7-8H2,(H,9,10). The van der Waals surface area contributed by atoms with Gasteiger partial charge in [0.1, 0.15) is 42.3 Å². The molecule has 12 N–H and O–H groups in total. The molecule has 8 aliphatic rings. The minimum Gasteiger partial charge on any atom is -0.480 e. The van der Waals surface area contributed by atoms with Gasteiger partial charge in [-0.2, -0.15) is 0 Å². The molecule has 5 aliphatic heterocycles. The van der Waals surface area contributed by atoms with E-state index in [2.05, 4.69) is 31.9 Å². The van der Waals surface area contributed by atoms with Gasteiger partial charge in [-0.15, -0.1) is 0 Å². The van der Waals surface area contributed by atoms with E-state index in [0.29, 0.717) is 167 Å². The van der Waals surface area contributed by atoms with Crippen molar-refractivity contribution in [1.82, 2.24) is 31.9 Å². The van der Waals surface area contributed by atoms with E-state index in [0.717, 1.165) is 31.8 Å². The van der Waals surface area contributed by atoms with Crippen LogP contribution in [0, 0.1) is 22.0 Å². The maximum Gasteiger partial charge on any atom is 0.408 e. The van der Waals surface area contributed by atoms with Crippen LogP contribution in [0.3, 0.4) is 0 Å². The number of esters is 1. The first kappa shape index (κ1) is 109. The van der Waals surface area contributed by atoms with E-state index < -0.39 is 129 Å². The molecule has 3 saturated carbocycles. The third-order valence-corrected chi connectivity index (χ3v) is 21.9. The molecular weight excluding hydrogens is 1690 g/mol. The van der Waals surface area contributed by atoms with Gasteiger partial charge in [-0.1, -0.05) is 20.3 Å². The lowest BCUT2D eigenvalue weighted by atomic mass is 9.93. The molecule has 0 radical (unpaired) electrons. The first-order chi connectivity index (χ1) is 60.4. The number of aliphatic carboxylic acids is 2. The fraction of sp³-hybridized carbons (Fsp3) is 0.776. The number of carbonyl (C=O) groups is 13. The summed E-state index contributed by atoms with van der Waals surface area (Å²) < 4.78 is 92.4. The van der Waals surface area contributed by atoms with Crippen LogP contribution in [-0.4, -0.2) is 281 Å². The van der Waals surface area contributed by atoms with Crippen molar-refractivity contribution in [3.63, 3.8) is 0 Å². The second-order valence-electron chi connectivity index (χ2n) is 34.7. The first-order valence-electron chi connectivity index (χ1n) is 43.8. The molecule has 43 heteroatoms. The molecule has 128 heavy (non-hydrogen) atoms. The van der Waals surface area contributed by atoms with E-state index in [4.69, 9.17) is 97.1 Å².